The molecule has 0 atom stereocenters. The van der Waals surface area contributed by atoms with Crippen LogP contribution in [-0.4, -0.2) is 28.3 Å². The van der Waals surface area contributed by atoms with Crippen LogP contribution in [0.5, 0.6) is 0 Å². The number of nitrogens with zero attached hydrogens (tertiary/aromatic N) is 1. The standard InChI is InChI=1S/C26H20N2O3/c29-23(22-11-6-14-27-22)16-31-26(30)24-19-9-4-5-10-21(19)28-25-18(12-13-20(24)25)15-17-7-2-1-3-8-17/h1-11,14-15,27H,12-13,16H2. The Hall–Kier alpha value is -3.99. The number of rotatable bonds is 5. The molecule has 0 radical (unpaired) electrons. The third kappa shape index (κ3) is 3.66. The molecule has 1 aliphatic carbocycles. The number of nitrogens with one attached hydrogen (secondary N) is 1. The zero-order chi connectivity index (χ0) is 21.2. The highest BCUT2D eigenvalue weighted by Crippen LogP contribution is 2.37. The summed E-state index contributed by atoms with van der Waals surface area (Å²) in [5, 5.41) is 0.750. The number of fused-ring (bicyclic) bond motifs is 2. The van der Waals surface area contributed by atoms with Crippen LogP contribution in [0.1, 0.15) is 44.1 Å². The van der Waals surface area contributed by atoms with Gasteiger partial charge in [-0.15, -0.1) is 0 Å². The van der Waals surface area contributed by atoms with Gasteiger partial charge in [0.1, 0.15) is 0 Å². The molecule has 0 bridgehead atoms. The molecule has 2 aromatic heterocycles. The van der Waals surface area contributed by atoms with Crippen molar-refractivity contribution in [3.05, 3.63) is 101 Å². The molecule has 5 heteroatoms. The number of hydrogen-bond donors (Lipinski definition) is 1. The maximum atomic E-state index is 13.1. The number of carbonyl (C=O) groups is 2. The Kier molecular flexibility index (Phi) is 4.92. The van der Waals surface area contributed by atoms with Gasteiger partial charge in [-0.25, -0.2) is 9.78 Å². The number of allylic oxidation sites excluding steroid dienone is 1. The average Bonchev–Trinajstić information content (AvgIpc) is 3.47. The number of aromatic amines is 1. The predicted octanol–water partition coefficient (Wildman–Crippen LogP) is 5.09. The summed E-state index contributed by atoms with van der Waals surface area (Å²) in [5.41, 5.74) is 5.60. The van der Waals surface area contributed by atoms with E-state index in [1.165, 1.54) is 0 Å². The molecular weight excluding hydrogens is 388 g/mol. The smallest absolute Gasteiger partial charge is 0.339 e. The van der Waals surface area contributed by atoms with E-state index < -0.39 is 5.97 Å². The molecule has 152 valence electrons. The number of benzene rings is 2. The number of aromatic nitrogens is 2. The Morgan fingerprint density at radius 2 is 1.77 bits per heavy atom. The Morgan fingerprint density at radius 1 is 0.968 bits per heavy atom. The van der Waals surface area contributed by atoms with Crippen LogP contribution in [0.15, 0.2) is 72.9 Å². The lowest BCUT2D eigenvalue weighted by atomic mass is 10.0. The Labute approximate surface area is 179 Å². The Balaban J connectivity index is 1.53. The highest BCUT2D eigenvalue weighted by Gasteiger charge is 2.28. The molecule has 0 aliphatic heterocycles. The van der Waals surface area contributed by atoms with Gasteiger partial charge in [0.05, 0.1) is 22.5 Å². The van der Waals surface area contributed by atoms with Crippen LogP contribution in [0.2, 0.25) is 0 Å². The minimum absolute atomic E-state index is 0.266. The molecule has 0 saturated carbocycles. The van der Waals surface area contributed by atoms with Crippen LogP contribution in [0.25, 0.3) is 22.6 Å². The molecule has 2 aromatic carbocycles. The minimum atomic E-state index is -0.490. The highest BCUT2D eigenvalue weighted by atomic mass is 16.5. The van der Waals surface area contributed by atoms with E-state index in [1.54, 1.807) is 18.3 Å². The summed E-state index contributed by atoms with van der Waals surface area (Å²) >= 11 is 0. The van der Waals surface area contributed by atoms with E-state index in [-0.39, 0.29) is 12.4 Å². The van der Waals surface area contributed by atoms with Gasteiger partial charge in [0.25, 0.3) is 0 Å². The molecule has 5 rings (SSSR count). The second kappa shape index (κ2) is 8.03. The fraction of sp³-hybridized carbons (Fsp3) is 0.115. The maximum absolute atomic E-state index is 13.1. The van der Waals surface area contributed by atoms with Crippen LogP contribution in [0.3, 0.4) is 0 Å². The normalized spacial score (nSPS) is 14.0. The third-order valence-corrected chi connectivity index (χ3v) is 5.52. The number of carbonyl (C=O) groups excluding carboxylic acids is 2. The van der Waals surface area contributed by atoms with Crippen molar-refractivity contribution in [3.8, 4) is 0 Å². The Morgan fingerprint density at radius 3 is 2.58 bits per heavy atom. The van der Waals surface area contributed by atoms with Crippen molar-refractivity contribution in [2.24, 2.45) is 0 Å². The summed E-state index contributed by atoms with van der Waals surface area (Å²) in [6.45, 7) is -0.308. The fourth-order valence-corrected chi connectivity index (χ4v) is 4.05. The van der Waals surface area contributed by atoms with Gasteiger partial charge in [0.15, 0.2) is 6.61 Å². The number of ether oxygens (including phenoxy) is 1. The SMILES string of the molecule is O=C(COC(=O)c1c2c(nc3ccccc13)C(=Cc1ccccc1)CC2)c1ccc[nH]1. The number of hydrogen-bond acceptors (Lipinski definition) is 4. The van der Waals surface area contributed by atoms with E-state index in [4.69, 9.17) is 9.72 Å². The predicted molar refractivity (Wildman–Crippen MR) is 120 cm³/mol. The summed E-state index contributed by atoms with van der Waals surface area (Å²) in [5.74, 6) is -0.756. The fourth-order valence-electron chi connectivity index (χ4n) is 4.05. The first-order valence-corrected chi connectivity index (χ1v) is 10.2. The van der Waals surface area contributed by atoms with Crippen LogP contribution in [0.4, 0.5) is 0 Å². The van der Waals surface area contributed by atoms with E-state index in [0.29, 0.717) is 17.7 Å². The number of pyridine rings is 1. The van der Waals surface area contributed by atoms with Crippen molar-refractivity contribution < 1.29 is 14.3 Å². The van der Waals surface area contributed by atoms with Gasteiger partial charge in [-0.05, 0) is 53.8 Å². The number of para-hydroxylation sites is 1. The van der Waals surface area contributed by atoms with Crippen molar-refractivity contribution in [2.45, 2.75) is 12.8 Å². The third-order valence-electron chi connectivity index (χ3n) is 5.52. The molecule has 0 unspecified atom stereocenters. The van der Waals surface area contributed by atoms with Crippen LogP contribution < -0.4 is 0 Å². The number of ketones is 1. The van der Waals surface area contributed by atoms with Crippen molar-refractivity contribution >= 4 is 34.3 Å². The quantitative estimate of drug-likeness (QED) is 0.369. The molecule has 4 aromatic rings. The molecule has 0 amide bonds. The second-order valence-electron chi connectivity index (χ2n) is 7.49. The van der Waals surface area contributed by atoms with Crippen LogP contribution in [0, 0.1) is 0 Å². The number of esters is 1. The summed E-state index contributed by atoms with van der Waals surface area (Å²) in [6, 6.07) is 21.0. The first-order chi connectivity index (χ1) is 15.2. The van der Waals surface area contributed by atoms with Gasteiger partial charge in [-0.3, -0.25) is 4.79 Å². The number of Topliss-reactive ketones (excluding diaryl/α,β-unsaturated/α-hetero) is 1. The van der Waals surface area contributed by atoms with E-state index in [2.05, 4.69) is 11.1 Å². The lowest BCUT2D eigenvalue weighted by Crippen LogP contribution is -2.16. The second-order valence-corrected chi connectivity index (χ2v) is 7.49. The zero-order valence-electron chi connectivity index (χ0n) is 16.8. The summed E-state index contributed by atoms with van der Waals surface area (Å²) in [6.07, 6.45) is 5.30. The molecule has 2 heterocycles. The molecule has 31 heavy (non-hydrogen) atoms. The van der Waals surface area contributed by atoms with Crippen LogP contribution >= 0.6 is 0 Å². The highest BCUT2D eigenvalue weighted by molar-refractivity contribution is 6.08. The maximum Gasteiger partial charge on any atom is 0.339 e. The summed E-state index contributed by atoms with van der Waals surface area (Å²) in [4.78, 5) is 33.1. The van der Waals surface area contributed by atoms with Gasteiger partial charge in [-0.1, -0.05) is 48.5 Å². The van der Waals surface area contributed by atoms with E-state index in [0.717, 1.165) is 39.7 Å². The van der Waals surface area contributed by atoms with Crippen molar-refractivity contribution in [3.63, 3.8) is 0 Å². The molecular formula is C26H20N2O3. The summed E-state index contributed by atoms with van der Waals surface area (Å²) in [7, 11) is 0. The molecule has 1 N–H and O–H groups in total. The first kappa shape index (κ1) is 19.0. The molecule has 0 saturated heterocycles. The van der Waals surface area contributed by atoms with E-state index in [9.17, 15) is 9.59 Å². The molecule has 0 spiro atoms. The molecule has 0 fully saturated rings. The Bertz CT molecular complexity index is 1310. The topological polar surface area (TPSA) is 72.1 Å². The first-order valence-electron chi connectivity index (χ1n) is 10.2. The average molecular weight is 408 g/mol. The molecule has 1 aliphatic rings. The minimum Gasteiger partial charge on any atom is -0.454 e. The van der Waals surface area contributed by atoms with Gasteiger partial charge < -0.3 is 9.72 Å². The zero-order valence-corrected chi connectivity index (χ0v) is 16.8. The van der Waals surface area contributed by atoms with Crippen molar-refractivity contribution in [1.29, 1.82) is 0 Å². The number of H-pyrrole nitrogens is 1. The largest absolute Gasteiger partial charge is 0.454 e. The lowest BCUT2D eigenvalue weighted by molar-refractivity contribution is 0.0474. The van der Waals surface area contributed by atoms with Crippen molar-refractivity contribution in [2.75, 3.05) is 6.61 Å². The van der Waals surface area contributed by atoms with Crippen molar-refractivity contribution in [1.82, 2.24) is 9.97 Å². The van der Waals surface area contributed by atoms with Gasteiger partial charge in [0.2, 0.25) is 5.78 Å². The van der Waals surface area contributed by atoms with Gasteiger partial charge >= 0.3 is 5.97 Å². The monoisotopic (exact) mass is 408 g/mol. The van der Waals surface area contributed by atoms with Crippen LogP contribution in [-0.2, 0) is 11.2 Å². The summed E-state index contributed by atoms with van der Waals surface area (Å²) < 4.78 is 5.44. The van der Waals surface area contributed by atoms with E-state index >= 15 is 0 Å². The van der Waals surface area contributed by atoms with Gasteiger partial charge in [0, 0.05) is 11.6 Å². The molecule has 5 nitrogen and oxygen atoms in total. The van der Waals surface area contributed by atoms with E-state index in [1.807, 2.05) is 54.6 Å². The van der Waals surface area contributed by atoms with Gasteiger partial charge in [-0.2, -0.15) is 0 Å². The lowest BCUT2D eigenvalue weighted by Gasteiger charge is -2.12.